The summed E-state index contributed by atoms with van der Waals surface area (Å²) in [7, 11) is 0. The van der Waals surface area contributed by atoms with Crippen molar-refractivity contribution in [2.24, 2.45) is 0 Å². The molecule has 0 bridgehead atoms. The van der Waals surface area contributed by atoms with Gasteiger partial charge in [-0.15, -0.1) is 0 Å². The Morgan fingerprint density at radius 2 is 2.09 bits per heavy atom. The highest BCUT2D eigenvalue weighted by atomic mass is 16.4. The maximum absolute atomic E-state index is 10.4. The van der Waals surface area contributed by atoms with Crippen molar-refractivity contribution in [2.45, 2.75) is 0 Å². The van der Waals surface area contributed by atoms with E-state index in [1.54, 1.807) is 6.07 Å². The molecule has 0 saturated carbocycles. The summed E-state index contributed by atoms with van der Waals surface area (Å²) in [5.74, 6) is -1.41. The summed E-state index contributed by atoms with van der Waals surface area (Å²) >= 11 is 0. The van der Waals surface area contributed by atoms with Crippen LogP contribution in [0.15, 0.2) is 18.2 Å². The number of aromatic carboxylic acids is 1. The molecular weight excluding hydrogens is 144 g/mol. The van der Waals surface area contributed by atoms with Gasteiger partial charge in [0.1, 0.15) is 11.3 Å². The van der Waals surface area contributed by atoms with Gasteiger partial charge in [0.25, 0.3) is 0 Å². The molecule has 2 N–H and O–H groups in total. The lowest BCUT2D eigenvalue weighted by atomic mass is 10.1. The molecule has 0 spiro atoms. The van der Waals surface area contributed by atoms with Crippen LogP contribution in [0, 0.1) is 6.92 Å². The van der Waals surface area contributed by atoms with E-state index in [0.29, 0.717) is 5.56 Å². The second-order valence-electron chi connectivity index (χ2n) is 2.12. The molecule has 0 unspecified atom stereocenters. The molecule has 1 rings (SSSR count). The van der Waals surface area contributed by atoms with Crippen LogP contribution in [0.5, 0.6) is 5.75 Å². The molecule has 0 fully saturated rings. The summed E-state index contributed by atoms with van der Waals surface area (Å²) in [4.78, 5) is 10.4. The lowest BCUT2D eigenvalue weighted by Gasteiger charge is -2.00. The number of carboxylic acid groups (broad SMARTS) is 1. The number of aromatic hydroxyl groups is 1. The van der Waals surface area contributed by atoms with Crippen molar-refractivity contribution in [2.75, 3.05) is 0 Å². The Hall–Kier alpha value is -1.51. The number of rotatable bonds is 1. The maximum Gasteiger partial charge on any atom is 0.339 e. The SMILES string of the molecule is [CH2]c1cccc(C(=O)O)c1O. The van der Waals surface area contributed by atoms with Gasteiger partial charge in [0, 0.05) is 0 Å². The van der Waals surface area contributed by atoms with Crippen molar-refractivity contribution in [3.63, 3.8) is 0 Å². The number of phenols is 1. The van der Waals surface area contributed by atoms with E-state index in [4.69, 9.17) is 10.2 Å². The molecule has 0 aliphatic rings. The highest BCUT2D eigenvalue weighted by Gasteiger charge is 2.09. The van der Waals surface area contributed by atoms with Gasteiger partial charge in [-0.2, -0.15) is 0 Å². The smallest absolute Gasteiger partial charge is 0.339 e. The predicted molar refractivity (Wildman–Crippen MR) is 39.5 cm³/mol. The lowest BCUT2D eigenvalue weighted by molar-refractivity contribution is 0.0693. The van der Waals surface area contributed by atoms with Gasteiger partial charge in [0.05, 0.1) is 0 Å². The minimum atomic E-state index is -1.15. The van der Waals surface area contributed by atoms with Crippen molar-refractivity contribution in [3.05, 3.63) is 36.2 Å². The highest BCUT2D eigenvalue weighted by molar-refractivity contribution is 5.91. The zero-order chi connectivity index (χ0) is 8.43. The van der Waals surface area contributed by atoms with E-state index in [1.807, 2.05) is 0 Å². The maximum atomic E-state index is 10.4. The minimum absolute atomic E-state index is 0.113. The van der Waals surface area contributed by atoms with E-state index in [0.717, 1.165) is 0 Å². The minimum Gasteiger partial charge on any atom is -0.507 e. The first-order valence-corrected chi connectivity index (χ1v) is 3.00. The number of hydrogen-bond donors (Lipinski definition) is 2. The van der Waals surface area contributed by atoms with E-state index < -0.39 is 5.97 Å². The Morgan fingerprint density at radius 3 is 2.55 bits per heavy atom. The van der Waals surface area contributed by atoms with Crippen LogP contribution in [-0.4, -0.2) is 16.2 Å². The summed E-state index contributed by atoms with van der Waals surface area (Å²) in [5, 5.41) is 17.6. The Balaban J connectivity index is 3.27. The van der Waals surface area contributed by atoms with E-state index >= 15 is 0 Å². The monoisotopic (exact) mass is 151 g/mol. The van der Waals surface area contributed by atoms with Crippen LogP contribution in [0.2, 0.25) is 0 Å². The van der Waals surface area contributed by atoms with E-state index in [9.17, 15) is 4.79 Å². The summed E-state index contributed by atoms with van der Waals surface area (Å²) in [6.07, 6.45) is 0. The Morgan fingerprint density at radius 1 is 1.45 bits per heavy atom. The fraction of sp³-hybridized carbons (Fsp3) is 0. The fourth-order valence-corrected chi connectivity index (χ4v) is 0.764. The summed E-state index contributed by atoms with van der Waals surface area (Å²) in [6.45, 7) is 3.45. The molecule has 1 aromatic rings. The van der Waals surface area contributed by atoms with Gasteiger partial charge in [0.15, 0.2) is 0 Å². The van der Waals surface area contributed by atoms with Gasteiger partial charge in [-0.05, 0) is 18.6 Å². The third kappa shape index (κ3) is 1.32. The van der Waals surface area contributed by atoms with Crippen molar-refractivity contribution >= 4 is 5.97 Å². The van der Waals surface area contributed by atoms with Crippen LogP contribution in [0.25, 0.3) is 0 Å². The standard InChI is InChI=1S/C8H7O3/c1-5-3-2-4-6(7(5)9)8(10)11/h2-4,9H,1H2,(H,10,11). The molecule has 0 aliphatic carbocycles. The Bertz CT molecular complexity index is 291. The second-order valence-corrected chi connectivity index (χ2v) is 2.12. The number of carboxylic acids is 1. The second kappa shape index (κ2) is 2.62. The molecular formula is C8H7O3. The van der Waals surface area contributed by atoms with E-state index in [-0.39, 0.29) is 11.3 Å². The van der Waals surface area contributed by atoms with Gasteiger partial charge in [-0.1, -0.05) is 12.1 Å². The normalized spacial score (nSPS) is 9.55. The zero-order valence-corrected chi connectivity index (χ0v) is 5.74. The van der Waals surface area contributed by atoms with Gasteiger partial charge in [0.2, 0.25) is 0 Å². The van der Waals surface area contributed by atoms with Crippen molar-refractivity contribution in [1.29, 1.82) is 0 Å². The molecule has 0 atom stereocenters. The van der Waals surface area contributed by atoms with Crippen LogP contribution in [-0.2, 0) is 0 Å². The van der Waals surface area contributed by atoms with E-state index in [1.165, 1.54) is 12.1 Å². The summed E-state index contributed by atoms with van der Waals surface area (Å²) in [6, 6.07) is 4.40. The molecule has 1 radical (unpaired) electrons. The highest BCUT2D eigenvalue weighted by Crippen LogP contribution is 2.20. The number of para-hydroxylation sites is 1. The number of hydrogen-bond acceptors (Lipinski definition) is 2. The first kappa shape index (κ1) is 7.60. The van der Waals surface area contributed by atoms with Crippen molar-refractivity contribution in [1.82, 2.24) is 0 Å². The molecule has 11 heavy (non-hydrogen) atoms. The third-order valence-corrected chi connectivity index (χ3v) is 1.35. The van der Waals surface area contributed by atoms with Crippen LogP contribution >= 0.6 is 0 Å². The van der Waals surface area contributed by atoms with E-state index in [2.05, 4.69) is 6.92 Å². The molecule has 0 aromatic heterocycles. The number of benzene rings is 1. The molecule has 1 aromatic carbocycles. The predicted octanol–water partition coefficient (Wildman–Crippen LogP) is 1.27. The average molecular weight is 151 g/mol. The molecule has 0 amide bonds. The van der Waals surface area contributed by atoms with Crippen LogP contribution in [0.1, 0.15) is 15.9 Å². The van der Waals surface area contributed by atoms with Crippen LogP contribution in [0.4, 0.5) is 0 Å². The van der Waals surface area contributed by atoms with Gasteiger partial charge >= 0.3 is 5.97 Å². The van der Waals surface area contributed by atoms with Gasteiger partial charge in [-0.25, -0.2) is 4.79 Å². The van der Waals surface area contributed by atoms with Gasteiger partial charge in [-0.3, -0.25) is 0 Å². The Labute approximate surface area is 63.9 Å². The van der Waals surface area contributed by atoms with Crippen molar-refractivity contribution in [3.8, 4) is 5.75 Å². The average Bonchev–Trinajstić information content (AvgIpc) is 1.94. The quantitative estimate of drug-likeness (QED) is 0.635. The third-order valence-electron chi connectivity index (χ3n) is 1.35. The Kier molecular flexibility index (Phi) is 1.81. The lowest BCUT2D eigenvalue weighted by Crippen LogP contribution is -1.96. The molecule has 3 nitrogen and oxygen atoms in total. The summed E-state index contributed by atoms with van der Waals surface area (Å²) in [5.41, 5.74) is 0.211. The fourth-order valence-electron chi connectivity index (χ4n) is 0.764. The molecule has 0 aliphatic heterocycles. The first-order valence-electron chi connectivity index (χ1n) is 3.00. The first-order chi connectivity index (χ1) is 5.13. The van der Waals surface area contributed by atoms with Crippen LogP contribution < -0.4 is 0 Å². The molecule has 0 heterocycles. The largest absolute Gasteiger partial charge is 0.507 e. The van der Waals surface area contributed by atoms with Gasteiger partial charge < -0.3 is 10.2 Å². The molecule has 0 saturated heterocycles. The molecule has 57 valence electrons. The molecule has 3 heteroatoms. The number of carbonyl (C=O) groups is 1. The van der Waals surface area contributed by atoms with Crippen LogP contribution in [0.3, 0.4) is 0 Å². The topological polar surface area (TPSA) is 57.5 Å². The summed E-state index contributed by atoms with van der Waals surface area (Å²) < 4.78 is 0. The van der Waals surface area contributed by atoms with Crippen molar-refractivity contribution < 1.29 is 15.0 Å². The zero-order valence-electron chi connectivity index (χ0n) is 5.74.